The quantitative estimate of drug-likeness (QED) is 0.810. The minimum Gasteiger partial charge on any atom is -0.497 e. The minimum atomic E-state index is 0.766. The molecule has 0 bridgehead atoms. The number of nitrogens with zero attached hydrogens (tertiary/aromatic N) is 1. The van der Waals surface area contributed by atoms with E-state index in [0.717, 1.165) is 22.8 Å². The molecule has 1 aromatic heterocycles. The van der Waals surface area contributed by atoms with E-state index in [1.807, 2.05) is 37.3 Å². The van der Waals surface area contributed by atoms with Gasteiger partial charge in [-0.15, -0.1) is 0 Å². The van der Waals surface area contributed by atoms with E-state index in [4.69, 9.17) is 9.47 Å². The molecule has 1 heterocycles. The van der Waals surface area contributed by atoms with Crippen molar-refractivity contribution in [1.82, 2.24) is 4.98 Å². The van der Waals surface area contributed by atoms with Crippen molar-refractivity contribution >= 4 is 0 Å². The molecule has 3 nitrogen and oxygen atoms in total. The molecule has 88 valence electrons. The summed E-state index contributed by atoms with van der Waals surface area (Å²) in [6.45, 7) is 2.04. The number of hydrogen-bond acceptors (Lipinski definition) is 3. The molecule has 0 saturated heterocycles. The number of rotatable bonds is 3. The van der Waals surface area contributed by atoms with Gasteiger partial charge in [-0.05, 0) is 36.8 Å². The first-order valence-corrected chi connectivity index (χ1v) is 5.39. The van der Waals surface area contributed by atoms with Crippen molar-refractivity contribution in [2.24, 2.45) is 0 Å². The Kier molecular flexibility index (Phi) is 3.28. The SMILES string of the molecule is COc1ccc(-c2cc(C)ccn2)c(OC)c1. The molecule has 0 amide bonds. The Morgan fingerprint density at radius 1 is 1.00 bits per heavy atom. The smallest absolute Gasteiger partial charge is 0.131 e. The zero-order valence-corrected chi connectivity index (χ0v) is 10.2. The molecule has 3 heteroatoms. The topological polar surface area (TPSA) is 31.4 Å². The van der Waals surface area contributed by atoms with Crippen LogP contribution in [0.1, 0.15) is 5.56 Å². The predicted molar refractivity (Wildman–Crippen MR) is 67.5 cm³/mol. The second-order valence-electron chi connectivity index (χ2n) is 3.78. The molecular weight excluding hydrogens is 214 g/mol. The van der Waals surface area contributed by atoms with Crippen molar-refractivity contribution in [3.05, 3.63) is 42.1 Å². The molecule has 0 aliphatic heterocycles. The molecule has 0 radical (unpaired) electrons. The van der Waals surface area contributed by atoms with Crippen molar-refractivity contribution in [1.29, 1.82) is 0 Å². The standard InChI is InChI=1S/C14H15NO2/c1-10-6-7-15-13(8-10)12-5-4-11(16-2)9-14(12)17-3/h4-9H,1-3H3. The fourth-order valence-corrected chi connectivity index (χ4v) is 1.69. The van der Waals surface area contributed by atoms with Gasteiger partial charge in [0, 0.05) is 17.8 Å². The Hall–Kier alpha value is -2.03. The van der Waals surface area contributed by atoms with E-state index in [-0.39, 0.29) is 0 Å². The molecule has 0 aliphatic rings. The predicted octanol–water partition coefficient (Wildman–Crippen LogP) is 3.07. The molecule has 17 heavy (non-hydrogen) atoms. The Balaban J connectivity index is 2.51. The van der Waals surface area contributed by atoms with Gasteiger partial charge in [-0.2, -0.15) is 0 Å². The fraction of sp³-hybridized carbons (Fsp3) is 0.214. The van der Waals surface area contributed by atoms with Crippen LogP contribution in [-0.2, 0) is 0 Å². The molecule has 0 aliphatic carbocycles. The second-order valence-corrected chi connectivity index (χ2v) is 3.78. The summed E-state index contributed by atoms with van der Waals surface area (Å²) in [7, 11) is 3.29. The van der Waals surface area contributed by atoms with Gasteiger partial charge >= 0.3 is 0 Å². The second kappa shape index (κ2) is 4.87. The van der Waals surface area contributed by atoms with Crippen molar-refractivity contribution < 1.29 is 9.47 Å². The lowest BCUT2D eigenvalue weighted by atomic mass is 10.1. The molecule has 0 saturated carbocycles. The van der Waals surface area contributed by atoms with Crippen LogP contribution >= 0.6 is 0 Å². The maximum Gasteiger partial charge on any atom is 0.131 e. The molecule has 1 aromatic carbocycles. The number of pyridine rings is 1. The van der Waals surface area contributed by atoms with Crippen LogP contribution < -0.4 is 9.47 Å². The molecule has 0 N–H and O–H groups in total. The van der Waals surface area contributed by atoms with Gasteiger partial charge in [0.2, 0.25) is 0 Å². The molecular formula is C14H15NO2. The van der Waals surface area contributed by atoms with Crippen LogP contribution in [0.3, 0.4) is 0 Å². The highest BCUT2D eigenvalue weighted by Crippen LogP contribution is 2.32. The highest BCUT2D eigenvalue weighted by atomic mass is 16.5. The Morgan fingerprint density at radius 2 is 1.82 bits per heavy atom. The number of hydrogen-bond donors (Lipinski definition) is 0. The van der Waals surface area contributed by atoms with E-state index >= 15 is 0 Å². The lowest BCUT2D eigenvalue weighted by Gasteiger charge is -2.10. The van der Waals surface area contributed by atoms with Crippen molar-refractivity contribution in [2.75, 3.05) is 14.2 Å². The molecule has 0 atom stereocenters. The van der Waals surface area contributed by atoms with Gasteiger partial charge in [0.1, 0.15) is 11.5 Å². The van der Waals surface area contributed by atoms with Gasteiger partial charge in [0.25, 0.3) is 0 Å². The number of aryl methyl sites for hydroxylation is 1. The summed E-state index contributed by atoms with van der Waals surface area (Å²) in [6, 6.07) is 9.73. The minimum absolute atomic E-state index is 0.766. The Morgan fingerprint density at radius 3 is 2.47 bits per heavy atom. The highest BCUT2D eigenvalue weighted by Gasteiger charge is 2.08. The normalized spacial score (nSPS) is 10.1. The van der Waals surface area contributed by atoms with Crippen LogP contribution in [0, 0.1) is 6.92 Å². The lowest BCUT2D eigenvalue weighted by Crippen LogP contribution is -1.92. The molecule has 2 rings (SSSR count). The number of methoxy groups -OCH3 is 2. The fourth-order valence-electron chi connectivity index (χ4n) is 1.69. The maximum atomic E-state index is 5.36. The third kappa shape index (κ3) is 2.38. The first kappa shape index (κ1) is 11.5. The number of ether oxygens (including phenoxy) is 2. The number of aromatic nitrogens is 1. The van der Waals surface area contributed by atoms with E-state index in [1.54, 1.807) is 20.4 Å². The van der Waals surface area contributed by atoms with Crippen LogP contribution in [0.2, 0.25) is 0 Å². The van der Waals surface area contributed by atoms with Crippen molar-refractivity contribution in [3.8, 4) is 22.8 Å². The molecule has 0 spiro atoms. The van der Waals surface area contributed by atoms with Gasteiger partial charge in [-0.25, -0.2) is 0 Å². The zero-order valence-electron chi connectivity index (χ0n) is 10.2. The number of benzene rings is 1. The molecule has 0 unspecified atom stereocenters. The monoisotopic (exact) mass is 229 g/mol. The van der Waals surface area contributed by atoms with Gasteiger partial charge in [-0.3, -0.25) is 4.98 Å². The van der Waals surface area contributed by atoms with Gasteiger partial charge in [0.05, 0.1) is 19.9 Å². The van der Waals surface area contributed by atoms with Crippen LogP contribution in [-0.4, -0.2) is 19.2 Å². The van der Waals surface area contributed by atoms with E-state index in [2.05, 4.69) is 4.98 Å². The van der Waals surface area contributed by atoms with Crippen LogP contribution in [0.4, 0.5) is 0 Å². The summed E-state index contributed by atoms with van der Waals surface area (Å²) < 4.78 is 10.5. The largest absolute Gasteiger partial charge is 0.497 e. The summed E-state index contributed by atoms with van der Waals surface area (Å²) >= 11 is 0. The summed E-state index contributed by atoms with van der Waals surface area (Å²) in [4.78, 5) is 4.35. The van der Waals surface area contributed by atoms with Crippen LogP contribution in [0.15, 0.2) is 36.5 Å². The van der Waals surface area contributed by atoms with E-state index in [9.17, 15) is 0 Å². The third-order valence-electron chi connectivity index (χ3n) is 2.60. The van der Waals surface area contributed by atoms with Crippen molar-refractivity contribution in [2.45, 2.75) is 6.92 Å². The first-order valence-electron chi connectivity index (χ1n) is 5.39. The van der Waals surface area contributed by atoms with Gasteiger partial charge < -0.3 is 9.47 Å². The van der Waals surface area contributed by atoms with E-state index in [1.165, 1.54) is 5.56 Å². The molecule has 2 aromatic rings. The van der Waals surface area contributed by atoms with Crippen molar-refractivity contribution in [3.63, 3.8) is 0 Å². The van der Waals surface area contributed by atoms with Crippen LogP contribution in [0.25, 0.3) is 11.3 Å². The average molecular weight is 229 g/mol. The maximum absolute atomic E-state index is 5.36. The van der Waals surface area contributed by atoms with Crippen LogP contribution in [0.5, 0.6) is 11.5 Å². The summed E-state index contributed by atoms with van der Waals surface area (Å²) in [5.74, 6) is 1.54. The Labute approximate surface area is 101 Å². The third-order valence-corrected chi connectivity index (χ3v) is 2.60. The Bertz CT molecular complexity index is 523. The first-order chi connectivity index (χ1) is 8.24. The summed E-state index contributed by atoms with van der Waals surface area (Å²) in [5.41, 5.74) is 3.05. The lowest BCUT2D eigenvalue weighted by molar-refractivity contribution is 0.395. The van der Waals surface area contributed by atoms with E-state index in [0.29, 0.717) is 0 Å². The van der Waals surface area contributed by atoms with Gasteiger partial charge in [0.15, 0.2) is 0 Å². The molecule has 0 fully saturated rings. The highest BCUT2D eigenvalue weighted by molar-refractivity contribution is 5.68. The average Bonchev–Trinajstić information content (AvgIpc) is 2.38. The summed E-state index contributed by atoms with van der Waals surface area (Å²) in [6.07, 6.45) is 1.80. The summed E-state index contributed by atoms with van der Waals surface area (Å²) in [5, 5.41) is 0. The zero-order chi connectivity index (χ0) is 12.3. The van der Waals surface area contributed by atoms with E-state index < -0.39 is 0 Å². The van der Waals surface area contributed by atoms with Gasteiger partial charge in [-0.1, -0.05) is 0 Å².